The normalized spacial score (nSPS) is 14.7. The molecule has 1 aliphatic heterocycles. The summed E-state index contributed by atoms with van der Waals surface area (Å²) in [7, 11) is 2.15. The highest BCUT2D eigenvalue weighted by molar-refractivity contribution is 5.57. The summed E-state index contributed by atoms with van der Waals surface area (Å²) in [6.07, 6.45) is 6.58. The molecule has 0 atom stereocenters. The van der Waals surface area contributed by atoms with E-state index in [-0.39, 0.29) is 0 Å². The minimum atomic E-state index is 0.440. The van der Waals surface area contributed by atoms with E-state index in [9.17, 15) is 0 Å². The van der Waals surface area contributed by atoms with Crippen LogP contribution in [-0.4, -0.2) is 51.1 Å². The molecule has 156 valence electrons. The predicted octanol–water partition coefficient (Wildman–Crippen LogP) is 3.61. The van der Waals surface area contributed by atoms with Gasteiger partial charge in [-0.25, -0.2) is 19.9 Å². The first-order valence-corrected chi connectivity index (χ1v) is 10.6. The van der Waals surface area contributed by atoms with Crippen molar-refractivity contribution in [3.05, 3.63) is 53.9 Å². The molecule has 0 amide bonds. The van der Waals surface area contributed by atoms with Crippen molar-refractivity contribution in [1.29, 1.82) is 0 Å². The Bertz CT molecular complexity index is 977. The summed E-state index contributed by atoms with van der Waals surface area (Å²) >= 11 is 0. The van der Waals surface area contributed by atoms with Crippen molar-refractivity contribution in [1.82, 2.24) is 24.9 Å². The summed E-state index contributed by atoms with van der Waals surface area (Å²) in [5, 5.41) is 0. The smallest absolute Gasteiger partial charge is 0.161 e. The van der Waals surface area contributed by atoms with E-state index < -0.39 is 0 Å². The summed E-state index contributed by atoms with van der Waals surface area (Å²) < 4.78 is 0. The monoisotopic (exact) mass is 403 g/mol. The molecule has 0 bridgehead atoms. The third-order valence-electron chi connectivity index (χ3n) is 5.72. The first-order chi connectivity index (χ1) is 14.5. The van der Waals surface area contributed by atoms with Gasteiger partial charge >= 0.3 is 0 Å². The third-order valence-corrected chi connectivity index (χ3v) is 5.72. The summed E-state index contributed by atoms with van der Waals surface area (Å²) in [6.45, 7) is 8.08. The van der Waals surface area contributed by atoms with Crippen LogP contribution in [0.3, 0.4) is 0 Å². The van der Waals surface area contributed by atoms with Gasteiger partial charge < -0.3 is 9.80 Å². The van der Waals surface area contributed by atoms with Crippen LogP contribution in [0.2, 0.25) is 0 Å². The van der Waals surface area contributed by atoms with E-state index in [4.69, 9.17) is 9.97 Å². The van der Waals surface area contributed by atoms with Gasteiger partial charge in [-0.05, 0) is 45.2 Å². The lowest BCUT2D eigenvalue weighted by Gasteiger charge is -2.38. The van der Waals surface area contributed by atoms with Crippen LogP contribution in [0.25, 0.3) is 11.4 Å². The van der Waals surface area contributed by atoms with Gasteiger partial charge in [0.05, 0.1) is 0 Å². The first kappa shape index (κ1) is 20.2. The average molecular weight is 404 g/mol. The van der Waals surface area contributed by atoms with Gasteiger partial charge in [0.25, 0.3) is 0 Å². The minimum absolute atomic E-state index is 0.440. The van der Waals surface area contributed by atoms with Crippen molar-refractivity contribution in [2.75, 3.05) is 29.9 Å². The molecule has 0 unspecified atom stereocenters. The van der Waals surface area contributed by atoms with E-state index in [1.54, 1.807) is 12.4 Å². The van der Waals surface area contributed by atoms with Crippen molar-refractivity contribution in [3.8, 4) is 11.4 Å². The number of nitrogens with zero attached hydrogens (tertiary/aromatic N) is 7. The van der Waals surface area contributed by atoms with Crippen LogP contribution in [0.4, 0.5) is 11.6 Å². The van der Waals surface area contributed by atoms with E-state index in [0.717, 1.165) is 72.6 Å². The second-order valence-corrected chi connectivity index (χ2v) is 7.87. The van der Waals surface area contributed by atoms with Gasteiger partial charge in [0.1, 0.15) is 17.5 Å². The molecule has 0 radical (unpaired) electrons. The minimum Gasteiger partial charge on any atom is -0.356 e. The number of hydrogen-bond donors (Lipinski definition) is 0. The van der Waals surface area contributed by atoms with Crippen molar-refractivity contribution < 1.29 is 0 Å². The highest BCUT2D eigenvalue weighted by Crippen LogP contribution is 2.26. The molecular formula is C23H29N7. The molecule has 0 saturated carbocycles. The Morgan fingerprint density at radius 3 is 2.40 bits per heavy atom. The number of rotatable bonds is 5. The standard InChI is InChI=1S/C23H29N7/c1-5-19-15-21(28-23(27-19)18-6-10-24-11-7-18)29(4)20-8-12-30(13-9-20)22-14-16(2)25-17(3)26-22/h6-7,10-11,14-15,20H,5,8-9,12-13H2,1-4H3. The number of hydrogen-bond acceptors (Lipinski definition) is 7. The zero-order valence-corrected chi connectivity index (χ0v) is 18.2. The zero-order valence-electron chi connectivity index (χ0n) is 18.2. The summed E-state index contributed by atoms with van der Waals surface area (Å²) in [6, 6.07) is 8.56. The van der Waals surface area contributed by atoms with Crippen molar-refractivity contribution >= 4 is 11.6 Å². The lowest BCUT2D eigenvalue weighted by molar-refractivity contribution is 0.477. The van der Waals surface area contributed by atoms with Crippen LogP contribution in [0.1, 0.15) is 37.0 Å². The maximum Gasteiger partial charge on any atom is 0.161 e. The lowest BCUT2D eigenvalue weighted by Crippen LogP contribution is -2.44. The molecule has 7 heteroatoms. The summed E-state index contributed by atoms with van der Waals surface area (Å²) in [5.74, 6) is 3.63. The number of aryl methyl sites for hydroxylation is 3. The topological polar surface area (TPSA) is 70.9 Å². The molecule has 4 rings (SSSR count). The highest BCUT2D eigenvalue weighted by Gasteiger charge is 2.25. The Labute approximate surface area is 178 Å². The molecule has 0 spiro atoms. The molecule has 3 aromatic heterocycles. The van der Waals surface area contributed by atoms with Crippen molar-refractivity contribution in [2.45, 2.75) is 46.1 Å². The van der Waals surface area contributed by atoms with E-state index in [2.05, 4.69) is 50.9 Å². The maximum absolute atomic E-state index is 4.88. The van der Waals surface area contributed by atoms with Gasteiger partial charge in [-0.3, -0.25) is 4.98 Å². The van der Waals surface area contributed by atoms with Gasteiger partial charge in [-0.15, -0.1) is 0 Å². The van der Waals surface area contributed by atoms with E-state index in [1.807, 2.05) is 26.0 Å². The fourth-order valence-corrected chi connectivity index (χ4v) is 4.00. The Morgan fingerprint density at radius 2 is 1.73 bits per heavy atom. The lowest BCUT2D eigenvalue weighted by atomic mass is 10.0. The van der Waals surface area contributed by atoms with Crippen LogP contribution >= 0.6 is 0 Å². The fraction of sp³-hybridized carbons (Fsp3) is 0.435. The van der Waals surface area contributed by atoms with Gasteiger partial charge in [0, 0.05) is 67.7 Å². The van der Waals surface area contributed by atoms with E-state index in [0.29, 0.717) is 6.04 Å². The average Bonchev–Trinajstić information content (AvgIpc) is 2.78. The van der Waals surface area contributed by atoms with E-state index in [1.165, 1.54) is 0 Å². The fourth-order valence-electron chi connectivity index (χ4n) is 4.00. The number of pyridine rings is 1. The van der Waals surface area contributed by atoms with Gasteiger partial charge in [0.2, 0.25) is 0 Å². The predicted molar refractivity (Wildman–Crippen MR) is 120 cm³/mol. The van der Waals surface area contributed by atoms with Crippen molar-refractivity contribution in [3.63, 3.8) is 0 Å². The van der Waals surface area contributed by atoms with E-state index >= 15 is 0 Å². The number of piperidine rings is 1. The highest BCUT2D eigenvalue weighted by atomic mass is 15.2. The van der Waals surface area contributed by atoms with Crippen LogP contribution < -0.4 is 9.80 Å². The third kappa shape index (κ3) is 4.40. The number of anilines is 2. The van der Waals surface area contributed by atoms with Crippen LogP contribution in [0, 0.1) is 13.8 Å². The van der Waals surface area contributed by atoms with Crippen molar-refractivity contribution in [2.24, 2.45) is 0 Å². The summed E-state index contributed by atoms with van der Waals surface area (Å²) in [5.41, 5.74) is 3.08. The van der Waals surface area contributed by atoms with Crippen LogP contribution in [-0.2, 0) is 6.42 Å². The number of aromatic nitrogens is 5. The van der Waals surface area contributed by atoms with Gasteiger partial charge in [-0.1, -0.05) is 6.92 Å². The Morgan fingerprint density at radius 1 is 1.00 bits per heavy atom. The molecule has 0 aliphatic carbocycles. The van der Waals surface area contributed by atoms with Crippen LogP contribution in [0.15, 0.2) is 36.7 Å². The maximum atomic E-state index is 4.88. The zero-order chi connectivity index (χ0) is 21.1. The van der Waals surface area contributed by atoms with Crippen LogP contribution in [0.5, 0.6) is 0 Å². The molecule has 30 heavy (non-hydrogen) atoms. The first-order valence-electron chi connectivity index (χ1n) is 10.6. The molecule has 1 saturated heterocycles. The molecule has 1 aliphatic rings. The molecule has 0 aromatic carbocycles. The Hall–Kier alpha value is -3.09. The second kappa shape index (κ2) is 8.73. The SMILES string of the molecule is CCc1cc(N(C)C2CCN(c3cc(C)nc(C)n3)CC2)nc(-c2ccncc2)n1. The summed E-state index contributed by atoms with van der Waals surface area (Å²) in [4.78, 5) is 27.4. The molecule has 7 nitrogen and oxygen atoms in total. The molecule has 0 N–H and O–H groups in total. The largest absolute Gasteiger partial charge is 0.356 e. The quantitative estimate of drug-likeness (QED) is 0.644. The second-order valence-electron chi connectivity index (χ2n) is 7.87. The Balaban J connectivity index is 1.50. The molecular weight excluding hydrogens is 374 g/mol. The Kier molecular flexibility index (Phi) is 5.88. The molecule has 3 aromatic rings. The van der Waals surface area contributed by atoms with Gasteiger partial charge in [-0.2, -0.15) is 0 Å². The van der Waals surface area contributed by atoms with Gasteiger partial charge in [0.15, 0.2) is 5.82 Å². The molecule has 1 fully saturated rings. The molecule has 4 heterocycles.